The van der Waals surface area contributed by atoms with Crippen molar-refractivity contribution < 1.29 is 18.7 Å². The third-order valence-corrected chi connectivity index (χ3v) is 3.35. The molecule has 1 unspecified atom stereocenters. The Kier molecular flexibility index (Phi) is 3.17. The van der Waals surface area contributed by atoms with E-state index in [0.29, 0.717) is 28.1 Å². The molecule has 0 fully saturated rings. The number of halogens is 1. The van der Waals surface area contributed by atoms with Gasteiger partial charge in [-0.1, -0.05) is 12.1 Å². The van der Waals surface area contributed by atoms with Gasteiger partial charge < -0.3 is 9.52 Å². The average molecular weight is 285 g/mol. The van der Waals surface area contributed by atoms with E-state index in [1.807, 2.05) is 0 Å². The van der Waals surface area contributed by atoms with Crippen molar-refractivity contribution in [2.75, 3.05) is 0 Å². The van der Waals surface area contributed by atoms with Crippen molar-refractivity contribution in [3.05, 3.63) is 53.8 Å². The highest BCUT2D eigenvalue weighted by atomic mass is 19.1. The number of carbonyl (C=O) groups is 1. The Hall–Kier alpha value is -2.69. The molecule has 1 heterocycles. The molecular weight excluding hydrogens is 273 g/mol. The summed E-state index contributed by atoms with van der Waals surface area (Å²) in [5.74, 6) is -1.58. The predicted octanol–water partition coefficient (Wildman–Crippen LogP) is 3.82. The van der Waals surface area contributed by atoms with E-state index in [-0.39, 0.29) is 5.82 Å². The van der Waals surface area contributed by atoms with Crippen molar-refractivity contribution in [2.45, 2.75) is 12.8 Å². The minimum absolute atomic E-state index is 0.310. The van der Waals surface area contributed by atoms with Crippen LogP contribution in [-0.4, -0.2) is 16.1 Å². The third-order valence-electron chi connectivity index (χ3n) is 3.35. The predicted molar refractivity (Wildman–Crippen MR) is 75.5 cm³/mol. The van der Waals surface area contributed by atoms with Gasteiger partial charge in [0, 0.05) is 5.56 Å². The number of carboxylic acids is 1. The number of carboxylic acid groups (broad SMARTS) is 1. The van der Waals surface area contributed by atoms with Crippen LogP contribution >= 0.6 is 0 Å². The number of hydrogen-bond acceptors (Lipinski definition) is 3. The van der Waals surface area contributed by atoms with Gasteiger partial charge in [0.2, 0.25) is 5.89 Å². The largest absolute Gasteiger partial charge is 0.481 e. The first kappa shape index (κ1) is 13.3. The first-order chi connectivity index (χ1) is 10.0. The van der Waals surface area contributed by atoms with Crippen molar-refractivity contribution in [3.8, 4) is 11.5 Å². The summed E-state index contributed by atoms with van der Waals surface area (Å²) in [5.41, 5.74) is 2.28. The first-order valence-corrected chi connectivity index (χ1v) is 6.44. The van der Waals surface area contributed by atoms with Gasteiger partial charge in [-0.25, -0.2) is 9.37 Å². The van der Waals surface area contributed by atoms with Gasteiger partial charge in [-0.2, -0.15) is 0 Å². The summed E-state index contributed by atoms with van der Waals surface area (Å²) in [5, 5.41) is 9.04. The fraction of sp³-hybridized carbons (Fsp3) is 0.125. The molecule has 21 heavy (non-hydrogen) atoms. The summed E-state index contributed by atoms with van der Waals surface area (Å²) < 4.78 is 18.8. The Morgan fingerprint density at radius 2 is 2.10 bits per heavy atom. The molecule has 2 aromatic carbocycles. The maximum atomic E-state index is 13.2. The average Bonchev–Trinajstić information content (AvgIpc) is 2.89. The monoisotopic (exact) mass is 285 g/mol. The van der Waals surface area contributed by atoms with Crippen LogP contribution in [0.4, 0.5) is 4.39 Å². The minimum Gasteiger partial charge on any atom is -0.481 e. The van der Waals surface area contributed by atoms with Crippen LogP contribution in [0.15, 0.2) is 46.9 Å². The molecule has 0 spiro atoms. The van der Waals surface area contributed by atoms with Gasteiger partial charge in [0.05, 0.1) is 5.92 Å². The zero-order chi connectivity index (χ0) is 15.0. The zero-order valence-corrected chi connectivity index (χ0v) is 11.2. The molecule has 1 N–H and O–H groups in total. The summed E-state index contributed by atoms with van der Waals surface area (Å²) in [4.78, 5) is 15.3. The van der Waals surface area contributed by atoms with Gasteiger partial charge in [0.15, 0.2) is 5.58 Å². The molecule has 106 valence electrons. The molecule has 0 aliphatic heterocycles. The van der Waals surface area contributed by atoms with Crippen LogP contribution in [0.3, 0.4) is 0 Å². The maximum Gasteiger partial charge on any atom is 0.310 e. The van der Waals surface area contributed by atoms with Gasteiger partial charge in [-0.3, -0.25) is 4.79 Å². The molecule has 5 heteroatoms. The SMILES string of the molecule is CC(C(=O)O)c1ccc2oc(-c3cccc(F)c3)nc2c1. The highest BCUT2D eigenvalue weighted by molar-refractivity contribution is 5.81. The molecule has 4 nitrogen and oxygen atoms in total. The third kappa shape index (κ3) is 2.50. The minimum atomic E-state index is -0.900. The van der Waals surface area contributed by atoms with E-state index in [1.165, 1.54) is 12.1 Å². The zero-order valence-electron chi connectivity index (χ0n) is 11.2. The summed E-state index contributed by atoms with van der Waals surface area (Å²) in [7, 11) is 0. The number of rotatable bonds is 3. The van der Waals surface area contributed by atoms with Crippen molar-refractivity contribution >= 4 is 17.1 Å². The van der Waals surface area contributed by atoms with E-state index in [9.17, 15) is 9.18 Å². The fourth-order valence-corrected chi connectivity index (χ4v) is 2.10. The lowest BCUT2D eigenvalue weighted by Crippen LogP contribution is -2.06. The topological polar surface area (TPSA) is 63.3 Å². The molecule has 0 aliphatic carbocycles. The van der Waals surface area contributed by atoms with Crippen LogP contribution in [0.25, 0.3) is 22.6 Å². The Balaban J connectivity index is 2.06. The molecule has 0 amide bonds. The van der Waals surface area contributed by atoms with E-state index in [1.54, 1.807) is 37.3 Å². The van der Waals surface area contributed by atoms with Gasteiger partial charge in [-0.15, -0.1) is 0 Å². The molecule has 3 rings (SSSR count). The fourth-order valence-electron chi connectivity index (χ4n) is 2.10. The first-order valence-electron chi connectivity index (χ1n) is 6.44. The van der Waals surface area contributed by atoms with Gasteiger partial charge in [0.1, 0.15) is 11.3 Å². The number of nitrogens with zero attached hydrogens (tertiary/aromatic N) is 1. The summed E-state index contributed by atoms with van der Waals surface area (Å²) in [6.07, 6.45) is 0. The molecule has 0 bridgehead atoms. The van der Waals surface area contributed by atoms with Crippen LogP contribution in [0.1, 0.15) is 18.4 Å². The molecule has 1 atom stereocenters. The van der Waals surface area contributed by atoms with Crippen LogP contribution in [-0.2, 0) is 4.79 Å². The van der Waals surface area contributed by atoms with E-state index < -0.39 is 11.9 Å². The van der Waals surface area contributed by atoms with E-state index in [4.69, 9.17) is 9.52 Å². The number of aromatic nitrogens is 1. The Bertz CT molecular complexity index is 825. The number of benzene rings is 2. The number of fused-ring (bicyclic) bond motifs is 1. The second-order valence-corrected chi connectivity index (χ2v) is 4.82. The van der Waals surface area contributed by atoms with Crippen LogP contribution in [0, 0.1) is 5.82 Å². The van der Waals surface area contributed by atoms with E-state index >= 15 is 0 Å². The van der Waals surface area contributed by atoms with Crippen LogP contribution < -0.4 is 0 Å². The number of hydrogen-bond donors (Lipinski definition) is 1. The quantitative estimate of drug-likeness (QED) is 0.794. The lowest BCUT2D eigenvalue weighted by atomic mass is 10.0. The van der Waals surface area contributed by atoms with Crippen molar-refractivity contribution in [1.29, 1.82) is 0 Å². The number of aliphatic carboxylic acids is 1. The normalized spacial score (nSPS) is 12.5. The second kappa shape index (κ2) is 5.01. The Morgan fingerprint density at radius 3 is 2.81 bits per heavy atom. The summed E-state index contributed by atoms with van der Waals surface area (Å²) in [6, 6.07) is 11.0. The number of oxazole rings is 1. The molecule has 3 aromatic rings. The van der Waals surface area contributed by atoms with Gasteiger partial charge in [-0.05, 0) is 42.8 Å². The van der Waals surface area contributed by atoms with E-state index in [2.05, 4.69) is 4.98 Å². The van der Waals surface area contributed by atoms with Crippen molar-refractivity contribution in [1.82, 2.24) is 4.98 Å². The molecule has 1 aromatic heterocycles. The van der Waals surface area contributed by atoms with E-state index in [0.717, 1.165) is 0 Å². The Labute approximate surface area is 119 Å². The van der Waals surface area contributed by atoms with Crippen molar-refractivity contribution in [3.63, 3.8) is 0 Å². The lowest BCUT2D eigenvalue weighted by molar-refractivity contribution is -0.138. The molecule has 0 saturated carbocycles. The maximum absolute atomic E-state index is 13.2. The Morgan fingerprint density at radius 1 is 1.29 bits per heavy atom. The van der Waals surface area contributed by atoms with Gasteiger partial charge >= 0.3 is 5.97 Å². The standard InChI is InChI=1S/C16H12FNO3/c1-9(16(19)20)10-5-6-14-13(8-10)18-15(21-14)11-3-2-4-12(17)7-11/h2-9H,1H3,(H,19,20). The summed E-state index contributed by atoms with van der Waals surface area (Å²) in [6.45, 7) is 1.61. The van der Waals surface area contributed by atoms with Gasteiger partial charge in [0.25, 0.3) is 0 Å². The summed E-state index contributed by atoms with van der Waals surface area (Å²) >= 11 is 0. The molecule has 0 saturated heterocycles. The second-order valence-electron chi connectivity index (χ2n) is 4.82. The molecular formula is C16H12FNO3. The highest BCUT2D eigenvalue weighted by Gasteiger charge is 2.16. The highest BCUT2D eigenvalue weighted by Crippen LogP contribution is 2.27. The lowest BCUT2D eigenvalue weighted by Gasteiger charge is -2.04. The van der Waals surface area contributed by atoms with Crippen LogP contribution in [0.5, 0.6) is 0 Å². The smallest absolute Gasteiger partial charge is 0.310 e. The molecule has 0 radical (unpaired) electrons. The van der Waals surface area contributed by atoms with Crippen LogP contribution in [0.2, 0.25) is 0 Å². The van der Waals surface area contributed by atoms with Crippen molar-refractivity contribution in [2.24, 2.45) is 0 Å². The molecule has 0 aliphatic rings.